The number of halogens is 2. The van der Waals surface area contributed by atoms with E-state index < -0.39 is 18.0 Å². The van der Waals surface area contributed by atoms with E-state index in [0.29, 0.717) is 24.9 Å². The van der Waals surface area contributed by atoms with Gasteiger partial charge in [0.15, 0.2) is 0 Å². The van der Waals surface area contributed by atoms with Crippen LogP contribution in [0.15, 0.2) is 24.3 Å². The van der Waals surface area contributed by atoms with Crippen LogP contribution in [0.4, 0.5) is 13.6 Å². The number of piperidine rings is 1. The Bertz CT molecular complexity index is 672. The van der Waals surface area contributed by atoms with E-state index in [1.54, 1.807) is 24.3 Å². The van der Waals surface area contributed by atoms with Crippen molar-refractivity contribution in [2.75, 3.05) is 13.7 Å². The summed E-state index contributed by atoms with van der Waals surface area (Å²) < 4.78 is 30.7. The highest BCUT2D eigenvalue weighted by atomic mass is 19.3. The summed E-state index contributed by atoms with van der Waals surface area (Å²) in [4.78, 5) is 24.5. The van der Waals surface area contributed by atoms with Crippen molar-refractivity contribution >= 4 is 12.1 Å². The summed E-state index contributed by atoms with van der Waals surface area (Å²) in [6.45, 7) is 0.333. The predicted octanol–water partition coefficient (Wildman–Crippen LogP) is 3.04. The molecule has 1 aliphatic heterocycles. The highest BCUT2D eigenvalue weighted by Crippen LogP contribution is 2.39. The van der Waals surface area contributed by atoms with Crippen LogP contribution in [0.5, 0.6) is 0 Å². The number of carbonyl (C=O) groups excluding carboxylic acids is 1. The lowest BCUT2D eigenvalue weighted by molar-refractivity contribution is -0.0961. The molecular weight excluding hydrogens is 346 g/mol. The summed E-state index contributed by atoms with van der Waals surface area (Å²) in [7, 11) is 1.30. The fraction of sp³-hybridized carbons (Fsp3) is 0.556. The number of hydrogen-bond acceptors (Lipinski definition) is 4. The van der Waals surface area contributed by atoms with Gasteiger partial charge in [-0.3, -0.25) is 0 Å². The van der Waals surface area contributed by atoms with Crippen molar-refractivity contribution in [1.82, 2.24) is 10.2 Å². The van der Waals surface area contributed by atoms with Crippen LogP contribution in [0.25, 0.3) is 0 Å². The van der Waals surface area contributed by atoms with Crippen molar-refractivity contribution in [1.29, 1.82) is 0 Å². The minimum absolute atomic E-state index is 0.0167. The topological polar surface area (TPSA) is 78.9 Å². The largest absolute Gasteiger partial charge is 0.465 e. The number of rotatable bonds is 4. The third kappa shape index (κ3) is 3.95. The fourth-order valence-corrected chi connectivity index (χ4v) is 3.73. The Morgan fingerprint density at radius 2 is 1.88 bits per heavy atom. The molecule has 0 aromatic heterocycles. The number of methoxy groups -OCH3 is 1. The minimum Gasteiger partial charge on any atom is -0.465 e. The highest BCUT2D eigenvalue weighted by Gasteiger charge is 2.46. The molecule has 0 bridgehead atoms. The molecule has 1 aromatic rings. The predicted molar refractivity (Wildman–Crippen MR) is 89.4 cm³/mol. The second kappa shape index (κ2) is 7.19. The first kappa shape index (κ1) is 18.6. The summed E-state index contributed by atoms with van der Waals surface area (Å²) >= 11 is 0. The Labute approximate surface area is 150 Å². The van der Waals surface area contributed by atoms with Crippen LogP contribution in [-0.2, 0) is 4.74 Å². The molecule has 2 aliphatic rings. The van der Waals surface area contributed by atoms with Crippen LogP contribution in [0.2, 0.25) is 0 Å². The molecule has 3 rings (SSSR count). The van der Waals surface area contributed by atoms with Crippen molar-refractivity contribution < 1.29 is 28.2 Å². The highest BCUT2D eigenvalue weighted by molar-refractivity contribution is 5.89. The maximum absolute atomic E-state index is 13.0. The van der Waals surface area contributed by atoms with E-state index in [2.05, 4.69) is 10.1 Å². The van der Waals surface area contributed by atoms with Crippen LogP contribution < -0.4 is 5.32 Å². The van der Waals surface area contributed by atoms with Crippen LogP contribution in [-0.4, -0.2) is 53.7 Å². The number of nitrogens with zero attached hydrogens (tertiary/aromatic N) is 1. The Hall–Kier alpha value is -2.22. The number of hydrogen-bond donors (Lipinski definition) is 2. The van der Waals surface area contributed by atoms with Gasteiger partial charge < -0.3 is 20.1 Å². The van der Waals surface area contributed by atoms with Crippen molar-refractivity contribution in [2.24, 2.45) is 0 Å². The number of likely N-dealkylation sites (tertiary alicyclic amines) is 1. The standard InChI is InChI=1S/C18H22F2N2O4/c1-26-16(23)12-4-2-11(3-5-12)15-8-13(6-7-22(15)17(24)25)21-14-9-18(19,20)10-14/h2-5,13-15,21H,6-10H2,1H3,(H,24,25). The third-order valence-corrected chi connectivity index (χ3v) is 5.13. The van der Waals surface area contributed by atoms with Gasteiger partial charge in [-0.2, -0.15) is 0 Å². The van der Waals surface area contributed by atoms with E-state index in [-0.39, 0.29) is 31.0 Å². The fourth-order valence-electron chi connectivity index (χ4n) is 3.73. The van der Waals surface area contributed by atoms with Gasteiger partial charge in [-0.15, -0.1) is 0 Å². The average molecular weight is 368 g/mol. The Balaban J connectivity index is 1.70. The zero-order valence-electron chi connectivity index (χ0n) is 14.5. The molecule has 1 saturated carbocycles. The lowest BCUT2D eigenvalue weighted by atomic mass is 9.85. The Morgan fingerprint density at radius 1 is 1.23 bits per heavy atom. The molecule has 2 atom stereocenters. The molecule has 2 unspecified atom stereocenters. The van der Waals surface area contributed by atoms with E-state index in [0.717, 1.165) is 5.56 Å². The molecule has 2 N–H and O–H groups in total. The van der Waals surface area contributed by atoms with Crippen LogP contribution in [0.1, 0.15) is 47.6 Å². The molecule has 26 heavy (non-hydrogen) atoms. The lowest BCUT2D eigenvalue weighted by Gasteiger charge is -2.43. The van der Waals surface area contributed by atoms with Gasteiger partial charge >= 0.3 is 12.1 Å². The van der Waals surface area contributed by atoms with Gasteiger partial charge in [-0.25, -0.2) is 18.4 Å². The molecule has 1 amide bonds. The first-order valence-corrected chi connectivity index (χ1v) is 8.61. The normalized spacial score (nSPS) is 25.4. The maximum Gasteiger partial charge on any atom is 0.407 e. The number of amides is 1. The minimum atomic E-state index is -2.58. The molecular formula is C18H22F2N2O4. The molecule has 1 aliphatic carbocycles. The molecule has 0 radical (unpaired) electrons. The molecule has 6 nitrogen and oxygen atoms in total. The van der Waals surface area contributed by atoms with Crippen molar-refractivity contribution in [3.63, 3.8) is 0 Å². The van der Waals surface area contributed by atoms with Crippen molar-refractivity contribution in [2.45, 2.75) is 49.7 Å². The number of ether oxygens (including phenoxy) is 1. The van der Waals surface area contributed by atoms with E-state index >= 15 is 0 Å². The van der Waals surface area contributed by atoms with Crippen molar-refractivity contribution in [3.05, 3.63) is 35.4 Å². The number of benzene rings is 1. The van der Waals surface area contributed by atoms with Gasteiger partial charge in [0.2, 0.25) is 0 Å². The average Bonchev–Trinajstić information content (AvgIpc) is 2.59. The number of carboxylic acid groups (broad SMARTS) is 1. The van der Waals surface area contributed by atoms with Crippen LogP contribution >= 0.6 is 0 Å². The number of carbonyl (C=O) groups is 2. The van der Waals surface area contributed by atoms with E-state index in [4.69, 9.17) is 0 Å². The smallest absolute Gasteiger partial charge is 0.407 e. The monoisotopic (exact) mass is 368 g/mol. The zero-order valence-corrected chi connectivity index (χ0v) is 14.5. The summed E-state index contributed by atoms with van der Waals surface area (Å²) in [5, 5.41) is 12.7. The first-order chi connectivity index (χ1) is 12.3. The number of esters is 1. The van der Waals surface area contributed by atoms with E-state index in [1.807, 2.05) is 0 Å². The van der Waals surface area contributed by atoms with E-state index in [1.165, 1.54) is 12.0 Å². The van der Waals surface area contributed by atoms with E-state index in [9.17, 15) is 23.5 Å². The molecule has 2 fully saturated rings. The maximum atomic E-state index is 13.0. The van der Waals surface area contributed by atoms with Gasteiger partial charge in [0, 0.05) is 31.5 Å². The SMILES string of the molecule is COC(=O)c1ccc(C2CC(NC3CC(F)(F)C3)CCN2C(=O)O)cc1. The van der Waals surface area contributed by atoms with Crippen molar-refractivity contribution in [3.8, 4) is 0 Å². The molecule has 1 heterocycles. The zero-order chi connectivity index (χ0) is 18.9. The first-order valence-electron chi connectivity index (χ1n) is 8.61. The number of nitrogens with one attached hydrogen (secondary N) is 1. The van der Waals surface area contributed by atoms with Gasteiger partial charge in [0.05, 0.1) is 18.7 Å². The molecule has 1 aromatic carbocycles. The lowest BCUT2D eigenvalue weighted by Crippen LogP contribution is -2.55. The molecule has 0 spiro atoms. The summed E-state index contributed by atoms with van der Waals surface area (Å²) in [6.07, 6.45) is -0.243. The molecule has 142 valence electrons. The van der Waals surface area contributed by atoms with Gasteiger partial charge in [0.1, 0.15) is 0 Å². The molecule has 1 saturated heterocycles. The second-order valence-electron chi connectivity index (χ2n) is 6.95. The van der Waals surface area contributed by atoms with Crippen LogP contribution in [0.3, 0.4) is 0 Å². The Morgan fingerprint density at radius 3 is 2.42 bits per heavy atom. The summed E-state index contributed by atoms with van der Waals surface area (Å²) in [5.74, 6) is -3.04. The van der Waals surface area contributed by atoms with Gasteiger partial charge in [-0.1, -0.05) is 12.1 Å². The van der Waals surface area contributed by atoms with Crippen LogP contribution in [0, 0.1) is 0 Å². The summed E-state index contributed by atoms with van der Waals surface area (Å²) in [5.41, 5.74) is 1.16. The second-order valence-corrected chi connectivity index (χ2v) is 6.95. The quantitative estimate of drug-likeness (QED) is 0.799. The third-order valence-electron chi connectivity index (χ3n) is 5.13. The van der Waals surface area contributed by atoms with Gasteiger partial charge in [0.25, 0.3) is 5.92 Å². The van der Waals surface area contributed by atoms with Gasteiger partial charge in [-0.05, 0) is 30.5 Å². The summed E-state index contributed by atoms with van der Waals surface area (Å²) in [6, 6.07) is 6.02. The Kier molecular flexibility index (Phi) is 5.13. The number of alkyl halides is 2. The molecule has 8 heteroatoms.